The van der Waals surface area contributed by atoms with Gasteiger partial charge in [-0.3, -0.25) is 0 Å². The summed E-state index contributed by atoms with van der Waals surface area (Å²) >= 11 is 0. The molecule has 1 heterocycles. The van der Waals surface area contributed by atoms with Crippen molar-refractivity contribution in [3.8, 4) is 0 Å². The molecule has 0 aliphatic carbocycles. The molecule has 0 bridgehead atoms. The highest BCUT2D eigenvalue weighted by Crippen LogP contribution is 2.20. The number of carbonyl (C=O) groups is 2. The topological polar surface area (TPSA) is 82.8 Å². The van der Waals surface area contributed by atoms with Crippen LogP contribution in [0.15, 0.2) is 57.7 Å². The molecule has 6 nitrogen and oxygen atoms in total. The van der Waals surface area contributed by atoms with Crippen molar-refractivity contribution in [1.82, 2.24) is 0 Å². The van der Waals surface area contributed by atoms with Crippen LogP contribution in [0.5, 0.6) is 0 Å². The van der Waals surface area contributed by atoms with E-state index >= 15 is 0 Å². The fourth-order valence-corrected chi connectivity index (χ4v) is 2.63. The molecule has 0 aliphatic heterocycles. The number of rotatable bonds is 4. The minimum absolute atomic E-state index is 0.0995. The SMILES string of the molecule is COC(=O)c1ccccc1C(=O)OCc1cc(=O)oc2cc(C)ccc12. The Kier molecular flexibility index (Phi) is 4.84. The summed E-state index contributed by atoms with van der Waals surface area (Å²) in [7, 11) is 1.24. The van der Waals surface area contributed by atoms with Gasteiger partial charge in [-0.15, -0.1) is 0 Å². The zero-order chi connectivity index (χ0) is 18.7. The number of methoxy groups -OCH3 is 1. The van der Waals surface area contributed by atoms with Crippen LogP contribution in [-0.2, 0) is 16.1 Å². The zero-order valence-corrected chi connectivity index (χ0v) is 14.3. The highest BCUT2D eigenvalue weighted by molar-refractivity contribution is 6.03. The summed E-state index contributed by atoms with van der Waals surface area (Å²) in [5.41, 5.74) is 1.60. The number of hydrogen-bond acceptors (Lipinski definition) is 6. The van der Waals surface area contributed by atoms with Gasteiger partial charge < -0.3 is 13.9 Å². The largest absolute Gasteiger partial charge is 0.465 e. The Labute approximate surface area is 149 Å². The highest BCUT2D eigenvalue weighted by atomic mass is 16.5. The summed E-state index contributed by atoms with van der Waals surface area (Å²) in [6.45, 7) is 1.76. The second kappa shape index (κ2) is 7.23. The van der Waals surface area contributed by atoms with E-state index in [1.807, 2.05) is 13.0 Å². The van der Waals surface area contributed by atoms with Gasteiger partial charge >= 0.3 is 17.6 Å². The first-order valence-electron chi connectivity index (χ1n) is 7.87. The monoisotopic (exact) mass is 352 g/mol. The van der Waals surface area contributed by atoms with Crippen molar-refractivity contribution in [2.75, 3.05) is 7.11 Å². The molecule has 0 unspecified atom stereocenters. The standard InChI is InChI=1S/C20H16O6/c1-12-7-8-14-13(10-18(21)26-17(14)9-12)11-25-20(23)16-6-4-3-5-15(16)19(22)24-2/h3-10H,11H2,1-2H3. The van der Waals surface area contributed by atoms with E-state index in [9.17, 15) is 14.4 Å². The van der Waals surface area contributed by atoms with Gasteiger partial charge in [-0.25, -0.2) is 14.4 Å². The van der Waals surface area contributed by atoms with Crippen LogP contribution in [0, 0.1) is 6.92 Å². The van der Waals surface area contributed by atoms with Gasteiger partial charge in [0.1, 0.15) is 12.2 Å². The molecule has 132 valence electrons. The fraction of sp³-hybridized carbons (Fsp3) is 0.150. The number of carbonyl (C=O) groups excluding carboxylic acids is 2. The normalized spacial score (nSPS) is 10.5. The maximum atomic E-state index is 12.4. The molecule has 3 rings (SSSR count). The lowest BCUT2D eigenvalue weighted by Gasteiger charge is -2.10. The number of esters is 2. The van der Waals surface area contributed by atoms with Crippen molar-refractivity contribution in [2.24, 2.45) is 0 Å². The first-order valence-corrected chi connectivity index (χ1v) is 7.87. The third kappa shape index (κ3) is 3.49. The van der Waals surface area contributed by atoms with Crippen LogP contribution in [0.25, 0.3) is 11.0 Å². The third-order valence-corrected chi connectivity index (χ3v) is 3.90. The molecule has 3 aromatic rings. The second-order valence-corrected chi connectivity index (χ2v) is 5.70. The van der Waals surface area contributed by atoms with Crippen molar-refractivity contribution in [2.45, 2.75) is 13.5 Å². The van der Waals surface area contributed by atoms with Gasteiger partial charge in [0, 0.05) is 17.0 Å². The number of benzene rings is 2. The van der Waals surface area contributed by atoms with Crippen molar-refractivity contribution in [3.63, 3.8) is 0 Å². The summed E-state index contributed by atoms with van der Waals surface area (Å²) in [5, 5.41) is 0.684. The molecule has 0 radical (unpaired) electrons. The molecular formula is C20H16O6. The fourth-order valence-electron chi connectivity index (χ4n) is 2.63. The van der Waals surface area contributed by atoms with Gasteiger partial charge in [-0.1, -0.05) is 24.3 Å². The lowest BCUT2D eigenvalue weighted by molar-refractivity contribution is 0.0458. The number of fused-ring (bicyclic) bond motifs is 1. The van der Waals surface area contributed by atoms with Crippen LogP contribution in [0.4, 0.5) is 0 Å². The predicted molar refractivity (Wildman–Crippen MR) is 94.1 cm³/mol. The van der Waals surface area contributed by atoms with E-state index in [1.165, 1.54) is 25.3 Å². The summed E-state index contributed by atoms with van der Waals surface area (Å²) in [6.07, 6.45) is 0. The summed E-state index contributed by atoms with van der Waals surface area (Å²) in [6, 6.07) is 12.9. The van der Waals surface area contributed by atoms with E-state index in [0.717, 1.165) is 5.56 Å². The molecule has 0 N–H and O–H groups in total. The van der Waals surface area contributed by atoms with Crippen molar-refractivity contribution < 1.29 is 23.5 Å². The Hall–Kier alpha value is -3.41. The van der Waals surface area contributed by atoms with Gasteiger partial charge in [0.25, 0.3) is 0 Å². The molecule has 1 aromatic heterocycles. The molecule has 0 fully saturated rings. The highest BCUT2D eigenvalue weighted by Gasteiger charge is 2.18. The van der Waals surface area contributed by atoms with E-state index in [1.54, 1.807) is 24.3 Å². The molecule has 0 atom stereocenters. The molecule has 6 heteroatoms. The Morgan fingerprint density at radius 3 is 2.38 bits per heavy atom. The van der Waals surface area contributed by atoms with Crippen LogP contribution in [0.1, 0.15) is 31.8 Å². The molecular weight excluding hydrogens is 336 g/mol. The lowest BCUT2D eigenvalue weighted by Crippen LogP contribution is -2.13. The minimum atomic E-state index is -0.681. The van der Waals surface area contributed by atoms with E-state index in [2.05, 4.69) is 4.74 Å². The van der Waals surface area contributed by atoms with E-state index in [0.29, 0.717) is 16.5 Å². The van der Waals surface area contributed by atoms with Crippen LogP contribution in [0.2, 0.25) is 0 Å². The third-order valence-electron chi connectivity index (χ3n) is 3.90. The van der Waals surface area contributed by atoms with E-state index < -0.39 is 17.6 Å². The molecule has 2 aromatic carbocycles. The predicted octanol–water partition coefficient (Wildman–Crippen LogP) is 3.25. The number of ether oxygens (including phenoxy) is 2. The first kappa shape index (κ1) is 17.4. The molecule has 0 saturated heterocycles. The zero-order valence-electron chi connectivity index (χ0n) is 14.3. The van der Waals surface area contributed by atoms with Gasteiger partial charge in [0.15, 0.2) is 0 Å². The van der Waals surface area contributed by atoms with E-state index in [4.69, 9.17) is 9.15 Å². The van der Waals surface area contributed by atoms with Gasteiger partial charge in [0.2, 0.25) is 0 Å². The van der Waals surface area contributed by atoms with Gasteiger partial charge in [-0.05, 0) is 30.7 Å². The van der Waals surface area contributed by atoms with Crippen molar-refractivity contribution in [3.05, 3.63) is 81.2 Å². The van der Waals surface area contributed by atoms with Gasteiger partial charge in [-0.2, -0.15) is 0 Å². The van der Waals surface area contributed by atoms with Crippen LogP contribution >= 0.6 is 0 Å². The number of aryl methyl sites for hydroxylation is 1. The molecule has 0 spiro atoms. The van der Waals surface area contributed by atoms with Crippen LogP contribution in [0.3, 0.4) is 0 Å². The summed E-state index contributed by atoms with van der Waals surface area (Å²) in [5.74, 6) is -1.31. The summed E-state index contributed by atoms with van der Waals surface area (Å²) < 4.78 is 15.2. The quantitative estimate of drug-likeness (QED) is 0.529. The molecule has 0 aliphatic rings. The van der Waals surface area contributed by atoms with Crippen LogP contribution in [-0.4, -0.2) is 19.0 Å². The average Bonchev–Trinajstić information content (AvgIpc) is 2.64. The molecule has 0 amide bonds. The maximum absolute atomic E-state index is 12.4. The minimum Gasteiger partial charge on any atom is -0.465 e. The maximum Gasteiger partial charge on any atom is 0.339 e. The van der Waals surface area contributed by atoms with E-state index in [-0.39, 0.29) is 17.7 Å². The lowest BCUT2D eigenvalue weighted by atomic mass is 10.1. The smallest absolute Gasteiger partial charge is 0.339 e. The Bertz CT molecular complexity index is 1050. The number of hydrogen-bond donors (Lipinski definition) is 0. The Morgan fingerprint density at radius 1 is 1.00 bits per heavy atom. The first-order chi connectivity index (χ1) is 12.5. The molecule has 26 heavy (non-hydrogen) atoms. The van der Waals surface area contributed by atoms with Crippen LogP contribution < -0.4 is 5.63 Å². The average molecular weight is 352 g/mol. The molecule has 0 saturated carbocycles. The van der Waals surface area contributed by atoms with Crippen molar-refractivity contribution in [1.29, 1.82) is 0 Å². The van der Waals surface area contributed by atoms with Crippen molar-refractivity contribution >= 4 is 22.9 Å². The second-order valence-electron chi connectivity index (χ2n) is 5.70. The summed E-state index contributed by atoms with van der Waals surface area (Å²) in [4.78, 5) is 35.9. The Balaban J connectivity index is 1.88. The van der Waals surface area contributed by atoms with Gasteiger partial charge in [0.05, 0.1) is 18.2 Å². The Morgan fingerprint density at radius 2 is 1.69 bits per heavy atom.